The molecule has 5 nitrogen and oxygen atoms in total. The van der Waals surface area contributed by atoms with E-state index < -0.39 is 5.97 Å². The van der Waals surface area contributed by atoms with Crippen LogP contribution < -0.4 is 5.11 Å². The van der Waals surface area contributed by atoms with Crippen LogP contribution in [0.5, 0.6) is 0 Å². The van der Waals surface area contributed by atoms with E-state index in [2.05, 4.69) is 6.58 Å². The molecule has 0 aliphatic heterocycles. The maximum Gasteiger partial charge on any atom is 0.334 e. The fourth-order valence-corrected chi connectivity index (χ4v) is 0.361. The lowest BCUT2D eigenvalue weighted by molar-refractivity contribution is -0.302. The van der Waals surface area contributed by atoms with Gasteiger partial charge in [0.15, 0.2) is 6.23 Å². The van der Waals surface area contributed by atoms with E-state index in [1.54, 1.807) is 18.7 Å². The fraction of sp³-hybridized carbons (Fsp3) is 0.600. The number of carbonyl (C=O) groups excluding carboxylic acids is 2. The molecule has 0 heterocycles. The van der Waals surface area contributed by atoms with E-state index >= 15 is 0 Å². The van der Waals surface area contributed by atoms with E-state index in [1.165, 1.54) is 0 Å². The molecule has 0 radical (unpaired) electrons. The number of esters is 1. The molecule has 0 saturated carbocycles. The second-order valence-electron chi connectivity index (χ2n) is 3.24. The van der Waals surface area contributed by atoms with E-state index in [0.717, 1.165) is 6.92 Å². The lowest BCUT2D eigenvalue weighted by atomic mass is 10.4. The van der Waals surface area contributed by atoms with Gasteiger partial charge in [-0.15, -0.1) is 0 Å². The second-order valence-corrected chi connectivity index (χ2v) is 3.24. The number of nitrogens with zero attached hydrogens (tertiary/aromatic N) is 1. The minimum atomic E-state index is -1.08. The molecule has 0 aliphatic carbocycles. The fourth-order valence-electron chi connectivity index (χ4n) is 0.361. The molecule has 0 bridgehead atoms. The summed E-state index contributed by atoms with van der Waals surface area (Å²) in [5.74, 6) is -1.42. The Labute approximate surface area is 90.3 Å². The zero-order valence-corrected chi connectivity index (χ0v) is 9.86. The van der Waals surface area contributed by atoms with Crippen molar-refractivity contribution in [1.29, 1.82) is 0 Å². The molecule has 88 valence electrons. The van der Waals surface area contributed by atoms with Crippen molar-refractivity contribution in [3.63, 3.8) is 0 Å². The molecule has 0 rings (SSSR count). The van der Waals surface area contributed by atoms with Crippen LogP contribution in [-0.4, -0.2) is 37.2 Å². The molecular formula is C10H18NO4-. The predicted octanol–water partition coefficient (Wildman–Crippen LogP) is -0.230. The van der Waals surface area contributed by atoms with Gasteiger partial charge in [-0.3, -0.25) is 4.90 Å². The van der Waals surface area contributed by atoms with Gasteiger partial charge in [0.1, 0.15) is 0 Å². The zero-order valence-electron chi connectivity index (χ0n) is 9.86. The van der Waals surface area contributed by atoms with Gasteiger partial charge in [-0.25, -0.2) is 4.79 Å². The number of ether oxygens (including phenoxy) is 1. The third-order valence-corrected chi connectivity index (χ3v) is 1.35. The van der Waals surface area contributed by atoms with Crippen LogP contribution in [0.25, 0.3) is 0 Å². The summed E-state index contributed by atoms with van der Waals surface area (Å²) in [6, 6.07) is 0. The highest BCUT2D eigenvalue weighted by Gasteiger charge is 2.10. The number of rotatable bonds is 3. The average molecular weight is 216 g/mol. The molecule has 1 atom stereocenters. The molecular weight excluding hydrogens is 198 g/mol. The van der Waals surface area contributed by atoms with Gasteiger partial charge in [-0.1, -0.05) is 6.58 Å². The Morgan fingerprint density at radius 2 is 1.67 bits per heavy atom. The van der Waals surface area contributed by atoms with Gasteiger partial charge < -0.3 is 14.6 Å². The van der Waals surface area contributed by atoms with E-state index in [1.807, 2.05) is 14.1 Å². The summed E-state index contributed by atoms with van der Waals surface area (Å²) < 4.78 is 4.96. The van der Waals surface area contributed by atoms with Crippen LogP contribution in [0, 0.1) is 0 Å². The summed E-state index contributed by atoms with van der Waals surface area (Å²) >= 11 is 0. The lowest BCUT2D eigenvalue weighted by Gasteiger charge is -2.19. The summed E-state index contributed by atoms with van der Waals surface area (Å²) in [5.41, 5.74) is 0.429. The van der Waals surface area contributed by atoms with Gasteiger partial charge in [0, 0.05) is 11.5 Å². The van der Waals surface area contributed by atoms with Gasteiger partial charge in [0.2, 0.25) is 0 Å². The van der Waals surface area contributed by atoms with Crippen molar-refractivity contribution >= 4 is 11.9 Å². The molecule has 15 heavy (non-hydrogen) atoms. The molecule has 5 heteroatoms. The number of aliphatic carboxylic acids is 1. The first-order valence-electron chi connectivity index (χ1n) is 4.39. The maximum absolute atomic E-state index is 10.9. The second kappa shape index (κ2) is 7.99. The Hall–Kier alpha value is -1.36. The summed E-state index contributed by atoms with van der Waals surface area (Å²) in [4.78, 5) is 21.6. The van der Waals surface area contributed by atoms with Crippen molar-refractivity contribution in [2.24, 2.45) is 0 Å². The molecule has 0 amide bonds. The molecule has 0 aromatic carbocycles. The smallest absolute Gasteiger partial charge is 0.334 e. The van der Waals surface area contributed by atoms with Crippen LogP contribution in [0.15, 0.2) is 12.2 Å². The molecule has 0 spiro atoms. The third-order valence-electron chi connectivity index (χ3n) is 1.35. The van der Waals surface area contributed by atoms with Crippen molar-refractivity contribution in [3.8, 4) is 0 Å². The Kier molecular flexibility index (Phi) is 8.57. The molecule has 0 N–H and O–H groups in total. The lowest BCUT2D eigenvalue weighted by Crippen LogP contribution is -2.30. The number of carboxylic acid groups (broad SMARTS) is 1. The molecule has 0 aliphatic rings. The van der Waals surface area contributed by atoms with E-state index in [-0.39, 0.29) is 12.2 Å². The highest BCUT2D eigenvalue weighted by molar-refractivity contribution is 5.87. The Morgan fingerprint density at radius 3 is 1.87 bits per heavy atom. The topological polar surface area (TPSA) is 69.7 Å². The van der Waals surface area contributed by atoms with Crippen molar-refractivity contribution in [2.75, 3.05) is 14.1 Å². The summed E-state index contributed by atoms with van der Waals surface area (Å²) in [5, 5.41) is 8.89. The van der Waals surface area contributed by atoms with Crippen molar-refractivity contribution in [1.82, 2.24) is 4.90 Å². The normalized spacial score (nSPS) is 11.1. The van der Waals surface area contributed by atoms with Crippen LogP contribution in [-0.2, 0) is 14.3 Å². The monoisotopic (exact) mass is 216 g/mol. The number of carbonyl (C=O) groups is 2. The van der Waals surface area contributed by atoms with Crippen LogP contribution in [0.3, 0.4) is 0 Å². The Bertz CT molecular complexity index is 232. The highest BCUT2D eigenvalue weighted by Crippen LogP contribution is 1.99. The van der Waals surface area contributed by atoms with E-state index in [4.69, 9.17) is 14.6 Å². The first-order valence-corrected chi connectivity index (χ1v) is 4.39. The Balaban J connectivity index is 0. The molecule has 0 fully saturated rings. The number of hydrogen-bond acceptors (Lipinski definition) is 5. The summed E-state index contributed by atoms with van der Waals surface area (Å²) in [7, 11) is 3.69. The molecule has 0 aromatic rings. The first-order chi connectivity index (χ1) is 6.68. The molecule has 1 unspecified atom stereocenters. The number of hydrogen-bond donors (Lipinski definition) is 0. The van der Waals surface area contributed by atoms with Gasteiger partial charge in [-0.05, 0) is 34.9 Å². The van der Waals surface area contributed by atoms with Gasteiger partial charge in [0.25, 0.3) is 0 Å². The van der Waals surface area contributed by atoms with Crippen LogP contribution in [0.2, 0.25) is 0 Å². The largest absolute Gasteiger partial charge is 0.550 e. The van der Waals surface area contributed by atoms with Gasteiger partial charge in [-0.2, -0.15) is 0 Å². The maximum atomic E-state index is 10.9. The molecule has 0 aromatic heterocycles. The molecule has 0 saturated heterocycles. The summed E-state index contributed by atoms with van der Waals surface area (Å²) in [6.07, 6.45) is -0.195. The minimum absolute atomic E-state index is 0.195. The van der Waals surface area contributed by atoms with Crippen LogP contribution >= 0.6 is 0 Å². The van der Waals surface area contributed by atoms with Gasteiger partial charge in [0.05, 0.1) is 0 Å². The Morgan fingerprint density at radius 1 is 1.33 bits per heavy atom. The highest BCUT2D eigenvalue weighted by atomic mass is 16.6. The predicted molar refractivity (Wildman–Crippen MR) is 54.7 cm³/mol. The van der Waals surface area contributed by atoms with E-state index in [0.29, 0.717) is 5.57 Å². The quantitative estimate of drug-likeness (QED) is 0.370. The SMILES string of the molecule is C=C(C)C(=O)OC(C)N(C)C.CC(=O)[O-]. The summed E-state index contributed by atoms with van der Waals surface area (Å²) in [6.45, 7) is 7.88. The zero-order chi connectivity index (χ0) is 12.6. The number of carboxylic acids is 1. The third kappa shape index (κ3) is 12.6. The first kappa shape index (κ1) is 16.1. The van der Waals surface area contributed by atoms with Crippen LogP contribution in [0.4, 0.5) is 0 Å². The van der Waals surface area contributed by atoms with Crippen LogP contribution in [0.1, 0.15) is 20.8 Å². The minimum Gasteiger partial charge on any atom is -0.550 e. The van der Waals surface area contributed by atoms with Gasteiger partial charge >= 0.3 is 5.97 Å². The van der Waals surface area contributed by atoms with E-state index in [9.17, 15) is 4.79 Å². The van der Waals surface area contributed by atoms with Crippen molar-refractivity contribution in [3.05, 3.63) is 12.2 Å². The van der Waals surface area contributed by atoms with Crippen molar-refractivity contribution in [2.45, 2.75) is 27.0 Å². The average Bonchev–Trinajstić information content (AvgIpc) is 2.02. The van der Waals surface area contributed by atoms with Crippen molar-refractivity contribution < 1.29 is 19.4 Å². The standard InChI is InChI=1S/C8H15NO2.C2H4O2/c1-6(2)8(10)11-7(3)9(4)5;1-2(3)4/h7H,1H2,2-5H3;1H3,(H,3,4)/p-1.